The van der Waals surface area contributed by atoms with Crippen LogP contribution in [0, 0.1) is 6.92 Å². The Labute approximate surface area is 93.0 Å². The van der Waals surface area contributed by atoms with Crippen molar-refractivity contribution >= 4 is 11.3 Å². The van der Waals surface area contributed by atoms with Gasteiger partial charge in [0.2, 0.25) is 0 Å². The maximum atomic E-state index is 4.03. The number of aryl methyl sites for hydroxylation is 1. The summed E-state index contributed by atoms with van der Waals surface area (Å²) < 4.78 is 1.83. The van der Waals surface area contributed by atoms with Gasteiger partial charge in [0.15, 0.2) is 0 Å². The van der Waals surface area contributed by atoms with Gasteiger partial charge in [-0.15, -0.1) is 11.3 Å². The van der Waals surface area contributed by atoms with Crippen molar-refractivity contribution in [2.45, 2.75) is 20.0 Å². The maximum Gasteiger partial charge on any atom is 0.137 e. The van der Waals surface area contributed by atoms with E-state index in [1.807, 2.05) is 16.0 Å². The van der Waals surface area contributed by atoms with E-state index >= 15 is 0 Å². The second kappa shape index (κ2) is 5.04. The Hall–Kier alpha value is -1.20. The minimum absolute atomic E-state index is 0.865. The van der Waals surface area contributed by atoms with Crippen molar-refractivity contribution in [1.82, 2.24) is 20.1 Å². The van der Waals surface area contributed by atoms with Crippen molar-refractivity contribution in [2.75, 3.05) is 6.54 Å². The molecule has 0 unspecified atom stereocenters. The lowest BCUT2D eigenvalue weighted by Crippen LogP contribution is -2.19. The monoisotopic (exact) mass is 222 g/mol. The molecule has 5 heteroatoms. The molecule has 0 radical (unpaired) electrons. The minimum Gasteiger partial charge on any atom is -0.310 e. The molecule has 0 aliphatic heterocycles. The van der Waals surface area contributed by atoms with Crippen molar-refractivity contribution in [3.8, 4) is 0 Å². The third-order valence-corrected chi connectivity index (χ3v) is 3.08. The maximum absolute atomic E-state index is 4.03. The molecule has 0 saturated carbocycles. The van der Waals surface area contributed by atoms with E-state index in [4.69, 9.17) is 0 Å². The molecule has 0 aliphatic rings. The van der Waals surface area contributed by atoms with E-state index in [1.54, 1.807) is 12.7 Å². The van der Waals surface area contributed by atoms with Gasteiger partial charge in [-0.2, -0.15) is 5.10 Å². The van der Waals surface area contributed by atoms with Crippen molar-refractivity contribution in [2.24, 2.45) is 0 Å². The minimum atomic E-state index is 0.865. The van der Waals surface area contributed by atoms with Crippen molar-refractivity contribution in [1.29, 1.82) is 0 Å². The van der Waals surface area contributed by atoms with Gasteiger partial charge in [0.05, 0.1) is 6.54 Å². The molecule has 1 N–H and O–H groups in total. The summed E-state index contributed by atoms with van der Waals surface area (Å²) in [5, 5.41) is 7.41. The molecule has 0 bridgehead atoms. The standard InChI is InChI=1S/C10H14N4S/c1-9-2-3-10(15-9)6-11-4-5-14-8-12-7-13-14/h2-3,7-8,11H,4-6H2,1H3. The highest BCUT2D eigenvalue weighted by Gasteiger charge is 1.96. The number of nitrogens with one attached hydrogen (secondary N) is 1. The average Bonchev–Trinajstić information content (AvgIpc) is 2.84. The molecule has 0 atom stereocenters. The second-order valence-electron chi connectivity index (χ2n) is 3.35. The average molecular weight is 222 g/mol. The van der Waals surface area contributed by atoms with Crippen molar-refractivity contribution in [3.05, 3.63) is 34.5 Å². The molecule has 0 spiro atoms. The summed E-state index contributed by atoms with van der Waals surface area (Å²) in [6, 6.07) is 4.32. The molecule has 0 saturated heterocycles. The van der Waals surface area contributed by atoms with Crippen LogP contribution in [0.3, 0.4) is 0 Å². The van der Waals surface area contributed by atoms with E-state index in [9.17, 15) is 0 Å². The molecule has 2 heterocycles. The molecule has 15 heavy (non-hydrogen) atoms. The van der Waals surface area contributed by atoms with E-state index in [1.165, 1.54) is 9.75 Å². The van der Waals surface area contributed by atoms with Crippen LogP contribution in [-0.4, -0.2) is 21.3 Å². The van der Waals surface area contributed by atoms with Gasteiger partial charge in [0.1, 0.15) is 12.7 Å². The largest absolute Gasteiger partial charge is 0.310 e. The number of thiophene rings is 1. The first-order valence-corrected chi connectivity index (χ1v) is 5.75. The predicted molar refractivity (Wildman–Crippen MR) is 60.8 cm³/mol. The number of nitrogens with zero attached hydrogens (tertiary/aromatic N) is 3. The highest BCUT2D eigenvalue weighted by molar-refractivity contribution is 7.11. The summed E-state index contributed by atoms with van der Waals surface area (Å²) in [5.74, 6) is 0. The van der Waals surface area contributed by atoms with E-state index < -0.39 is 0 Å². The Morgan fingerprint density at radius 1 is 1.47 bits per heavy atom. The third-order valence-electron chi connectivity index (χ3n) is 2.08. The molecule has 80 valence electrons. The molecular formula is C10H14N4S. The lowest BCUT2D eigenvalue weighted by Gasteiger charge is -2.02. The van der Waals surface area contributed by atoms with E-state index in [0.29, 0.717) is 0 Å². The fourth-order valence-electron chi connectivity index (χ4n) is 1.33. The zero-order valence-corrected chi connectivity index (χ0v) is 9.50. The van der Waals surface area contributed by atoms with Gasteiger partial charge in [0, 0.05) is 22.8 Å². The Kier molecular flexibility index (Phi) is 3.47. The molecule has 2 aromatic heterocycles. The Morgan fingerprint density at radius 2 is 2.40 bits per heavy atom. The number of hydrogen-bond donors (Lipinski definition) is 1. The number of aromatic nitrogens is 3. The lowest BCUT2D eigenvalue weighted by atomic mass is 10.4. The Morgan fingerprint density at radius 3 is 3.07 bits per heavy atom. The van der Waals surface area contributed by atoms with Crippen LogP contribution in [0.5, 0.6) is 0 Å². The van der Waals surface area contributed by atoms with Crippen LogP contribution in [0.15, 0.2) is 24.8 Å². The van der Waals surface area contributed by atoms with Crippen LogP contribution < -0.4 is 5.32 Å². The van der Waals surface area contributed by atoms with Crippen LogP contribution in [0.1, 0.15) is 9.75 Å². The molecule has 0 aliphatic carbocycles. The molecule has 4 nitrogen and oxygen atoms in total. The highest BCUT2D eigenvalue weighted by Crippen LogP contribution is 2.14. The number of rotatable bonds is 5. The molecule has 0 aromatic carbocycles. The van der Waals surface area contributed by atoms with Crippen molar-refractivity contribution < 1.29 is 0 Å². The summed E-state index contributed by atoms with van der Waals surface area (Å²) >= 11 is 1.84. The van der Waals surface area contributed by atoms with Gasteiger partial charge in [-0.05, 0) is 19.1 Å². The van der Waals surface area contributed by atoms with E-state index in [-0.39, 0.29) is 0 Å². The first-order chi connectivity index (χ1) is 7.34. The second-order valence-corrected chi connectivity index (χ2v) is 4.72. The van der Waals surface area contributed by atoms with Gasteiger partial charge < -0.3 is 5.32 Å². The number of hydrogen-bond acceptors (Lipinski definition) is 4. The summed E-state index contributed by atoms with van der Waals surface area (Å²) in [4.78, 5) is 6.63. The van der Waals surface area contributed by atoms with Crippen LogP contribution in [0.4, 0.5) is 0 Å². The Bertz CT molecular complexity index is 393. The van der Waals surface area contributed by atoms with Crippen LogP contribution >= 0.6 is 11.3 Å². The van der Waals surface area contributed by atoms with Crippen LogP contribution in [-0.2, 0) is 13.1 Å². The van der Waals surface area contributed by atoms with Gasteiger partial charge in [0.25, 0.3) is 0 Å². The quantitative estimate of drug-likeness (QED) is 0.778. The van der Waals surface area contributed by atoms with Gasteiger partial charge in [-0.3, -0.25) is 4.68 Å². The summed E-state index contributed by atoms with van der Waals surface area (Å²) in [7, 11) is 0. The zero-order valence-electron chi connectivity index (χ0n) is 8.68. The summed E-state index contributed by atoms with van der Waals surface area (Å²) in [6.07, 6.45) is 3.29. The zero-order chi connectivity index (χ0) is 10.5. The topological polar surface area (TPSA) is 42.7 Å². The van der Waals surface area contributed by atoms with Crippen LogP contribution in [0.2, 0.25) is 0 Å². The molecule has 2 rings (SSSR count). The van der Waals surface area contributed by atoms with E-state index in [0.717, 1.165) is 19.6 Å². The van der Waals surface area contributed by atoms with Crippen LogP contribution in [0.25, 0.3) is 0 Å². The first-order valence-electron chi connectivity index (χ1n) is 4.93. The van der Waals surface area contributed by atoms with E-state index in [2.05, 4.69) is 34.5 Å². The van der Waals surface area contributed by atoms with Gasteiger partial charge in [-0.1, -0.05) is 0 Å². The highest BCUT2D eigenvalue weighted by atomic mass is 32.1. The summed E-state index contributed by atoms with van der Waals surface area (Å²) in [5.41, 5.74) is 0. The van der Waals surface area contributed by atoms with Gasteiger partial charge >= 0.3 is 0 Å². The predicted octanol–water partition coefficient (Wildman–Crippen LogP) is 1.44. The molecule has 0 fully saturated rings. The summed E-state index contributed by atoms with van der Waals surface area (Å²) in [6.45, 7) is 4.85. The fourth-order valence-corrected chi connectivity index (χ4v) is 2.19. The third kappa shape index (κ3) is 3.14. The molecule has 2 aromatic rings. The molecular weight excluding hydrogens is 208 g/mol. The fraction of sp³-hybridized carbons (Fsp3) is 0.400. The normalized spacial score (nSPS) is 10.7. The Balaban J connectivity index is 1.67. The smallest absolute Gasteiger partial charge is 0.137 e. The van der Waals surface area contributed by atoms with Gasteiger partial charge in [-0.25, -0.2) is 4.98 Å². The van der Waals surface area contributed by atoms with Crippen molar-refractivity contribution in [3.63, 3.8) is 0 Å². The molecule has 0 amide bonds. The first kappa shape index (κ1) is 10.3. The SMILES string of the molecule is Cc1ccc(CNCCn2cncn2)s1. The lowest BCUT2D eigenvalue weighted by molar-refractivity contribution is 0.555.